The Kier molecular flexibility index (Phi) is 10.3. The number of anilines is 1. The second-order valence-corrected chi connectivity index (χ2v) is 9.40. The Morgan fingerprint density at radius 3 is 2.47 bits per heavy atom. The molecule has 2 heterocycles. The molecule has 3 amide bonds. The molecule has 36 heavy (non-hydrogen) atoms. The first kappa shape index (κ1) is 29.2. The number of aromatic nitrogens is 2. The first-order valence-corrected chi connectivity index (χ1v) is 11.6. The van der Waals surface area contributed by atoms with Crippen molar-refractivity contribution in [1.29, 1.82) is 0 Å². The van der Waals surface area contributed by atoms with Gasteiger partial charge in [-0.1, -0.05) is 0 Å². The summed E-state index contributed by atoms with van der Waals surface area (Å²) in [6, 6.07) is 0.275. The molecule has 1 fully saturated rings. The summed E-state index contributed by atoms with van der Waals surface area (Å²) in [5, 5.41) is 36.9. The lowest BCUT2D eigenvalue weighted by molar-refractivity contribution is -0.119. The van der Waals surface area contributed by atoms with E-state index in [2.05, 4.69) is 20.9 Å². The molecule has 1 aromatic rings. The number of hydrogen-bond acceptors (Lipinski definition) is 10. The molecule has 1 aliphatic heterocycles. The number of unbranched alkanes of at least 4 members (excludes halogenated alkanes) is 1. The lowest BCUT2D eigenvalue weighted by Gasteiger charge is -2.23. The SMILES string of the molecule is CC(=O)NCCCCC(NC(=O)OC(C)(C)C)C(=O)Nc1ccn([C@@H]2O[C@H](CO)[C@@H](O)[C@@H]2O)c(=O)n1. The Morgan fingerprint density at radius 2 is 1.92 bits per heavy atom. The average molecular weight is 514 g/mol. The third-order valence-corrected chi connectivity index (χ3v) is 5.17. The van der Waals surface area contributed by atoms with Crippen molar-refractivity contribution >= 4 is 23.7 Å². The maximum Gasteiger partial charge on any atom is 0.408 e. The predicted molar refractivity (Wildman–Crippen MR) is 126 cm³/mol. The normalized spacial score (nSPS) is 22.5. The summed E-state index contributed by atoms with van der Waals surface area (Å²) < 4.78 is 11.5. The molecule has 1 unspecified atom stereocenters. The Balaban J connectivity index is 2.08. The van der Waals surface area contributed by atoms with E-state index < -0.39 is 60.5 Å². The zero-order valence-corrected chi connectivity index (χ0v) is 20.8. The van der Waals surface area contributed by atoms with E-state index >= 15 is 0 Å². The van der Waals surface area contributed by atoms with Gasteiger partial charge in [-0.2, -0.15) is 4.98 Å². The van der Waals surface area contributed by atoms with Crippen LogP contribution in [0.15, 0.2) is 17.1 Å². The molecule has 0 aromatic carbocycles. The summed E-state index contributed by atoms with van der Waals surface area (Å²) >= 11 is 0. The molecule has 0 spiro atoms. The van der Waals surface area contributed by atoms with Crippen LogP contribution in [-0.4, -0.2) is 85.9 Å². The molecule has 5 atom stereocenters. The van der Waals surface area contributed by atoms with E-state index in [0.29, 0.717) is 19.4 Å². The molecule has 202 valence electrons. The molecule has 0 bridgehead atoms. The minimum absolute atomic E-state index is 0.109. The number of hydrogen-bond donors (Lipinski definition) is 6. The first-order valence-electron chi connectivity index (χ1n) is 11.6. The third kappa shape index (κ3) is 8.55. The standard InChI is InChI=1S/C22H35N5O9/c1-12(29)23-9-6-5-7-13(24-21(34)36-22(2,3)4)18(32)25-15-8-10-27(20(33)26-15)19-17(31)16(30)14(11-28)35-19/h8,10,13-14,16-17,19,28,30-31H,5-7,9,11H2,1-4H3,(H,23,29)(H,24,34)(H,25,26,32,33)/t13?,14-,16-,17+,19-/m1/s1. The minimum Gasteiger partial charge on any atom is -0.444 e. The summed E-state index contributed by atoms with van der Waals surface area (Å²) in [5.74, 6) is -0.922. The van der Waals surface area contributed by atoms with Crippen LogP contribution >= 0.6 is 0 Å². The minimum atomic E-state index is -1.47. The monoisotopic (exact) mass is 513 g/mol. The molecule has 0 aliphatic carbocycles. The van der Waals surface area contributed by atoms with Gasteiger partial charge in [-0.05, 0) is 46.1 Å². The number of ether oxygens (including phenoxy) is 2. The van der Waals surface area contributed by atoms with E-state index in [1.807, 2.05) is 0 Å². The molecular weight excluding hydrogens is 478 g/mol. The highest BCUT2D eigenvalue weighted by Gasteiger charge is 2.43. The molecule has 0 saturated carbocycles. The van der Waals surface area contributed by atoms with Gasteiger partial charge in [-0.3, -0.25) is 14.2 Å². The maximum absolute atomic E-state index is 12.9. The van der Waals surface area contributed by atoms with Gasteiger partial charge >= 0.3 is 11.8 Å². The highest BCUT2D eigenvalue weighted by molar-refractivity contribution is 5.95. The van der Waals surface area contributed by atoms with E-state index in [1.54, 1.807) is 20.8 Å². The number of aliphatic hydroxyl groups excluding tert-OH is 3. The van der Waals surface area contributed by atoms with Crippen molar-refractivity contribution in [2.24, 2.45) is 0 Å². The lowest BCUT2D eigenvalue weighted by Crippen LogP contribution is -2.46. The van der Waals surface area contributed by atoms with Crippen LogP contribution in [0.4, 0.5) is 10.6 Å². The van der Waals surface area contributed by atoms with Crippen molar-refractivity contribution in [2.45, 2.75) is 83.1 Å². The Hall–Kier alpha value is -3.07. The number of nitrogens with zero attached hydrogens (tertiary/aromatic N) is 2. The van der Waals surface area contributed by atoms with Crippen LogP contribution in [0.25, 0.3) is 0 Å². The van der Waals surface area contributed by atoms with Crippen LogP contribution in [-0.2, 0) is 19.1 Å². The molecule has 6 N–H and O–H groups in total. The fourth-order valence-electron chi connectivity index (χ4n) is 3.46. The number of alkyl carbamates (subject to hydrolysis) is 1. The van der Waals surface area contributed by atoms with Gasteiger partial charge in [0.25, 0.3) is 0 Å². The summed E-state index contributed by atoms with van der Waals surface area (Å²) in [4.78, 5) is 52.4. The number of nitrogens with one attached hydrogen (secondary N) is 3. The second kappa shape index (κ2) is 12.8. The van der Waals surface area contributed by atoms with Crippen LogP contribution < -0.4 is 21.6 Å². The number of rotatable bonds is 10. The largest absolute Gasteiger partial charge is 0.444 e. The van der Waals surface area contributed by atoms with Gasteiger partial charge in [0.1, 0.15) is 35.8 Å². The van der Waals surface area contributed by atoms with Crippen molar-refractivity contribution in [3.8, 4) is 0 Å². The molecule has 14 heteroatoms. The van der Waals surface area contributed by atoms with Gasteiger partial charge in [0.15, 0.2) is 6.23 Å². The van der Waals surface area contributed by atoms with Crippen molar-refractivity contribution in [1.82, 2.24) is 20.2 Å². The molecule has 1 saturated heterocycles. The van der Waals surface area contributed by atoms with Gasteiger partial charge in [-0.25, -0.2) is 9.59 Å². The van der Waals surface area contributed by atoms with Gasteiger partial charge < -0.3 is 40.7 Å². The number of amides is 3. The van der Waals surface area contributed by atoms with E-state index in [-0.39, 0.29) is 18.1 Å². The molecule has 0 radical (unpaired) electrons. The van der Waals surface area contributed by atoms with Crippen molar-refractivity contribution < 1.29 is 39.2 Å². The fourth-order valence-corrected chi connectivity index (χ4v) is 3.46. The quantitative estimate of drug-likeness (QED) is 0.211. The number of carbonyl (C=O) groups is 3. The van der Waals surface area contributed by atoms with Crippen LogP contribution in [0, 0.1) is 0 Å². The van der Waals surface area contributed by atoms with E-state index in [0.717, 1.165) is 4.57 Å². The van der Waals surface area contributed by atoms with Crippen LogP contribution in [0.3, 0.4) is 0 Å². The maximum atomic E-state index is 12.9. The summed E-state index contributed by atoms with van der Waals surface area (Å²) in [5.41, 5.74) is -1.66. The topological polar surface area (TPSA) is 201 Å². The second-order valence-electron chi connectivity index (χ2n) is 9.40. The van der Waals surface area contributed by atoms with Crippen molar-refractivity contribution in [2.75, 3.05) is 18.5 Å². The van der Waals surface area contributed by atoms with E-state index in [1.165, 1.54) is 19.2 Å². The number of aliphatic hydroxyl groups is 3. The Labute approximate surface area is 208 Å². The smallest absolute Gasteiger partial charge is 0.408 e. The molecule has 14 nitrogen and oxygen atoms in total. The highest BCUT2D eigenvalue weighted by atomic mass is 16.6. The van der Waals surface area contributed by atoms with Crippen molar-refractivity contribution in [3.05, 3.63) is 22.7 Å². The molecule has 1 aliphatic rings. The fraction of sp³-hybridized carbons (Fsp3) is 0.682. The summed E-state index contributed by atoms with van der Waals surface area (Å²) in [6.07, 6.45) is -3.49. The zero-order chi connectivity index (χ0) is 27.0. The highest BCUT2D eigenvalue weighted by Crippen LogP contribution is 2.28. The van der Waals surface area contributed by atoms with Crippen LogP contribution in [0.5, 0.6) is 0 Å². The first-order chi connectivity index (χ1) is 16.8. The molecule has 1 aromatic heterocycles. The number of carbonyl (C=O) groups excluding carboxylic acids is 3. The van der Waals surface area contributed by atoms with E-state index in [4.69, 9.17) is 9.47 Å². The van der Waals surface area contributed by atoms with Gasteiger partial charge in [0.2, 0.25) is 11.8 Å². The van der Waals surface area contributed by atoms with Crippen LogP contribution in [0.1, 0.15) is 53.2 Å². The Morgan fingerprint density at radius 1 is 1.22 bits per heavy atom. The summed E-state index contributed by atoms with van der Waals surface area (Å²) in [7, 11) is 0. The van der Waals surface area contributed by atoms with Gasteiger partial charge in [0, 0.05) is 19.7 Å². The molecule has 2 rings (SSSR count). The molecular formula is C22H35N5O9. The lowest BCUT2D eigenvalue weighted by atomic mass is 10.1. The zero-order valence-electron chi connectivity index (χ0n) is 20.8. The van der Waals surface area contributed by atoms with E-state index in [9.17, 15) is 34.5 Å². The average Bonchev–Trinajstić information content (AvgIpc) is 3.05. The van der Waals surface area contributed by atoms with Gasteiger partial charge in [-0.15, -0.1) is 0 Å². The predicted octanol–water partition coefficient (Wildman–Crippen LogP) is -1.01. The summed E-state index contributed by atoms with van der Waals surface area (Å²) in [6.45, 7) is 6.30. The van der Waals surface area contributed by atoms with Crippen LogP contribution in [0.2, 0.25) is 0 Å². The van der Waals surface area contributed by atoms with Gasteiger partial charge in [0.05, 0.1) is 6.61 Å². The van der Waals surface area contributed by atoms with Crippen molar-refractivity contribution in [3.63, 3.8) is 0 Å². The Bertz CT molecular complexity index is 977. The third-order valence-electron chi connectivity index (χ3n) is 5.17.